The first-order valence-corrected chi connectivity index (χ1v) is 12.4. The number of piperidine rings is 1. The number of carbonyl (C=O) groups is 1. The third-order valence-electron chi connectivity index (χ3n) is 6.68. The molecule has 2 saturated heterocycles. The van der Waals surface area contributed by atoms with E-state index in [1.54, 1.807) is 16.7 Å². The van der Waals surface area contributed by atoms with E-state index in [1.807, 2.05) is 18.4 Å². The van der Waals surface area contributed by atoms with Gasteiger partial charge >= 0.3 is 0 Å². The fraction of sp³-hybridized carbons (Fsp3) is 0.417. The molecule has 0 aromatic heterocycles. The molecule has 32 heavy (non-hydrogen) atoms. The number of thioether (sulfide) groups is 1. The van der Waals surface area contributed by atoms with Crippen molar-refractivity contribution in [3.8, 4) is 0 Å². The Kier molecular flexibility index (Phi) is 6.72. The highest BCUT2D eigenvalue weighted by atomic mass is 32.2. The number of nitrogens with one attached hydrogen (secondary N) is 1. The Morgan fingerprint density at radius 2 is 1.66 bits per heavy atom. The average Bonchev–Trinajstić information content (AvgIpc) is 3.21. The fourth-order valence-electron chi connectivity index (χ4n) is 4.59. The zero-order valence-electron chi connectivity index (χ0n) is 18.3. The van der Waals surface area contributed by atoms with Gasteiger partial charge in [-0.2, -0.15) is 0 Å². The van der Waals surface area contributed by atoms with Gasteiger partial charge in [0.25, 0.3) is 5.91 Å². The first-order chi connectivity index (χ1) is 15.3. The summed E-state index contributed by atoms with van der Waals surface area (Å²) in [5, 5.41) is 4.03. The summed E-state index contributed by atoms with van der Waals surface area (Å²) < 4.78 is 28.6. The van der Waals surface area contributed by atoms with E-state index in [0.717, 1.165) is 44.1 Å². The second-order valence-electron chi connectivity index (χ2n) is 8.68. The van der Waals surface area contributed by atoms with Gasteiger partial charge in [0.1, 0.15) is 17.2 Å². The number of amides is 1. The molecule has 0 atom stereocenters. The van der Waals surface area contributed by atoms with E-state index in [-0.39, 0.29) is 11.0 Å². The number of carbonyl (C=O) groups excluding carboxylic acids is 1. The van der Waals surface area contributed by atoms with Crippen molar-refractivity contribution < 1.29 is 13.6 Å². The van der Waals surface area contributed by atoms with Crippen LogP contribution >= 0.6 is 24.0 Å². The lowest BCUT2D eigenvalue weighted by Gasteiger charge is -2.39. The number of benzene rings is 2. The van der Waals surface area contributed by atoms with Crippen molar-refractivity contribution in [2.75, 3.05) is 37.8 Å². The number of hydrogen-bond donors (Lipinski definition) is 1. The Morgan fingerprint density at radius 3 is 2.28 bits per heavy atom. The third kappa shape index (κ3) is 4.62. The van der Waals surface area contributed by atoms with Gasteiger partial charge in [-0.3, -0.25) is 4.79 Å². The molecule has 2 aromatic rings. The number of likely N-dealkylation sites (tertiary alicyclic amines) is 2. The van der Waals surface area contributed by atoms with Gasteiger partial charge < -0.3 is 15.1 Å². The monoisotopic (exact) mass is 475 g/mol. The van der Waals surface area contributed by atoms with Gasteiger partial charge in [-0.15, -0.1) is 11.8 Å². The number of nitrogens with zero attached hydrogens (tertiary/aromatic N) is 2. The van der Waals surface area contributed by atoms with Crippen LogP contribution in [0.5, 0.6) is 0 Å². The summed E-state index contributed by atoms with van der Waals surface area (Å²) in [6, 6.07) is 10.7. The van der Waals surface area contributed by atoms with Crippen LogP contribution in [0.2, 0.25) is 0 Å². The molecule has 2 heterocycles. The van der Waals surface area contributed by atoms with Gasteiger partial charge in [0.15, 0.2) is 5.11 Å². The molecule has 2 aliphatic rings. The Morgan fingerprint density at radius 1 is 1.03 bits per heavy atom. The Labute approximate surface area is 197 Å². The number of rotatable bonds is 3. The van der Waals surface area contributed by atoms with E-state index in [0.29, 0.717) is 18.2 Å². The third-order valence-corrected chi connectivity index (χ3v) is 7.78. The van der Waals surface area contributed by atoms with Crippen molar-refractivity contribution in [1.82, 2.24) is 9.80 Å². The molecule has 0 unspecified atom stereocenters. The first-order valence-electron chi connectivity index (χ1n) is 10.8. The van der Waals surface area contributed by atoms with Gasteiger partial charge in [-0.05, 0) is 86.0 Å². The van der Waals surface area contributed by atoms with E-state index in [1.165, 1.54) is 17.9 Å². The molecule has 170 valence electrons. The van der Waals surface area contributed by atoms with Crippen molar-refractivity contribution in [2.24, 2.45) is 5.41 Å². The molecular weight excluding hydrogens is 448 g/mol. The first kappa shape index (κ1) is 23.0. The molecule has 2 aliphatic heterocycles. The summed E-state index contributed by atoms with van der Waals surface area (Å²) in [6.45, 7) is 4.23. The maximum Gasteiger partial charge on any atom is 0.259 e. The standard InChI is InChI=1S/C24H27F2N3OS2/c1-16-3-8-19(25)20(21(16)26)22(30)28-12-9-24(10-13-28)11-14-29(15-24)23(31)27-17-4-6-18(32-2)7-5-17/h3-8H,9-15H2,1-2H3,(H,27,31). The molecule has 0 bridgehead atoms. The predicted octanol–water partition coefficient (Wildman–Crippen LogP) is 5.32. The number of anilines is 1. The quantitative estimate of drug-likeness (QED) is 0.480. The van der Waals surface area contributed by atoms with Crippen molar-refractivity contribution in [3.05, 3.63) is 59.2 Å². The van der Waals surface area contributed by atoms with Gasteiger partial charge in [0.2, 0.25) is 0 Å². The molecule has 0 radical (unpaired) electrons. The van der Waals surface area contributed by atoms with E-state index < -0.39 is 23.1 Å². The Hall–Kier alpha value is -2.19. The zero-order chi connectivity index (χ0) is 22.9. The van der Waals surface area contributed by atoms with Crippen molar-refractivity contribution >= 4 is 40.7 Å². The van der Waals surface area contributed by atoms with Crippen LogP contribution in [0.25, 0.3) is 0 Å². The molecule has 4 rings (SSSR count). The second-order valence-corrected chi connectivity index (χ2v) is 9.94. The molecule has 1 amide bonds. The number of aryl methyl sites for hydroxylation is 1. The zero-order valence-corrected chi connectivity index (χ0v) is 19.9. The number of halogens is 2. The predicted molar refractivity (Wildman–Crippen MR) is 129 cm³/mol. The van der Waals surface area contributed by atoms with E-state index in [2.05, 4.69) is 22.3 Å². The minimum absolute atomic E-state index is 0.0783. The van der Waals surface area contributed by atoms with E-state index in [9.17, 15) is 13.6 Å². The minimum atomic E-state index is -0.799. The van der Waals surface area contributed by atoms with Gasteiger partial charge in [-0.1, -0.05) is 6.07 Å². The highest BCUT2D eigenvalue weighted by Crippen LogP contribution is 2.41. The largest absolute Gasteiger partial charge is 0.348 e. The molecule has 0 aliphatic carbocycles. The molecule has 8 heteroatoms. The smallest absolute Gasteiger partial charge is 0.259 e. The average molecular weight is 476 g/mol. The topological polar surface area (TPSA) is 35.6 Å². The van der Waals surface area contributed by atoms with Gasteiger partial charge in [0.05, 0.1) is 0 Å². The number of hydrogen-bond acceptors (Lipinski definition) is 3. The van der Waals surface area contributed by atoms with Crippen LogP contribution in [0.15, 0.2) is 41.3 Å². The summed E-state index contributed by atoms with van der Waals surface area (Å²) in [7, 11) is 0. The van der Waals surface area contributed by atoms with Crippen molar-refractivity contribution in [3.63, 3.8) is 0 Å². The van der Waals surface area contributed by atoms with Crippen LogP contribution in [0.1, 0.15) is 35.2 Å². The summed E-state index contributed by atoms with van der Waals surface area (Å²) in [4.78, 5) is 17.8. The van der Waals surface area contributed by atoms with Gasteiger partial charge in [-0.25, -0.2) is 8.78 Å². The molecule has 2 aromatic carbocycles. The van der Waals surface area contributed by atoms with E-state index >= 15 is 0 Å². The molecule has 1 N–H and O–H groups in total. The highest BCUT2D eigenvalue weighted by Gasteiger charge is 2.42. The molecule has 0 saturated carbocycles. The minimum Gasteiger partial charge on any atom is -0.348 e. The highest BCUT2D eigenvalue weighted by molar-refractivity contribution is 7.98. The van der Waals surface area contributed by atoms with Crippen LogP contribution in [-0.2, 0) is 0 Å². The lowest BCUT2D eigenvalue weighted by Crippen LogP contribution is -2.45. The van der Waals surface area contributed by atoms with Crippen molar-refractivity contribution in [1.29, 1.82) is 0 Å². The normalized spacial score (nSPS) is 17.6. The molecular formula is C24H27F2N3OS2. The summed E-state index contributed by atoms with van der Waals surface area (Å²) in [5.41, 5.74) is 0.886. The lowest BCUT2D eigenvalue weighted by atomic mass is 9.77. The molecule has 4 nitrogen and oxygen atoms in total. The maximum atomic E-state index is 14.4. The van der Waals surface area contributed by atoms with Crippen molar-refractivity contribution in [2.45, 2.75) is 31.1 Å². The van der Waals surface area contributed by atoms with Crippen LogP contribution in [0.4, 0.5) is 14.5 Å². The van der Waals surface area contributed by atoms with Crippen LogP contribution < -0.4 is 5.32 Å². The summed E-state index contributed by atoms with van der Waals surface area (Å²) in [6.07, 6.45) is 4.64. The van der Waals surface area contributed by atoms with Crippen LogP contribution in [-0.4, -0.2) is 53.3 Å². The Bertz CT molecular complexity index is 1020. The maximum absolute atomic E-state index is 14.4. The summed E-state index contributed by atoms with van der Waals surface area (Å²) in [5.74, 6) is -2.11. The fourth-order valence-corrected chi connectivity index (χ4v) is 5.27. The van der Waals surface area contributed by atoms with Crippen LogP contribution in [0, 0.1) is 24.0 Å². The Balaban J connectivity index is 1.35. The summed E-state index contributed by atoms with van der Waals surface area (Å²) >= 11 is 7.34. The van der Waals surface area contributed by atoms with Crippen LogP contribution in [0.3, 0.4) is 0 Å². The van der Waals surface area contributed by atoms with Gasteiger partial charge in [0, 0.05) is 36.8 Å². The molecule has 1 spiro atoms. The second kappa shape index (κ2) is 9.35. The van der Waals surface area contributed by atoms with E-state index in [4.69, 9.17) is 12.2 Å². The molecule has 2 fully saturated rings. The lowest BCUT2D eigenvalue weighted by molar-refractivity contribution is 0.0589. The number of thiocarbonyl (C=S) groups is 1. The SMILES string of the molecule is CSc1ccc(NC(=S)N2CCC3(CCN(C(=O)c4c(F)ccc(C)c4F)CC3)C2)cc1.